The predicted molar refractivity (Wildman–Crippen MR) is 82.4 cm³/mol. The number of carbonyl (C=O) groups is 1. The maximum Gasteiger partial charge on any atom is 0.442 e. The lowest BCUT2D eigenvalue weighted by Gasteiger charge is -2.20. The zero-order chi connectivity index (χ0) is 17.2. The average Bonchev–Trinajstić information content (AvgIpc) is 3.02. The van der Waals surface area contributed by atoms with Crippen LogP contribution in [0.2, 0.25) is 0 Å². The van der Waals surface area contributed by atoms with Crippen LogP contribution in [0.3, 0.4) is 0 Å². The third-order valence-electron chi connectivity index (χ3n) is 3.21. The maximum atomic E-state index is 13.3. The summed E-state index contributed by atoms with van der Waals surface area (Å²) in [6.07, 6.45) is -0.389. The van der Waals surface area contributed by atoms with Crippen LogP contribution in [0, 0.1) is 0 Å². The van der Waals surface area contributed by atoms with Crippen molar-refractivity contribution in [3.05, 3.63) is 59.7 Å². The first kappa shape index (κ1) is 16.4. The fraction of sp³-hybridized carbons (Fsp3) is 0.133. The Morgan fingerprint density at radius 3 is 2.54 bits per heavy atom. The summed E-state index contributed by atoms with van der Waals surface area (Å²) in [7, 11) is -2.99. The van der Waals surface area contributed by atoms with E-state index in [1.54, 1.807) is 36.4 Å². The van der Waals surface area contributed by atoms with Gasteiger partial charge in [-0.3, -0.25) is 0 Å². The molecule has 3 aromatic rings. The second-order valence-corrected chi connectivity index (χ2v) is 6.63. The Bertz CT molecular complexity index is 852. The minimum absolute atomic E-state index is 0.0499. The van der Waals surface area contributed by atoms with Crippen LogP contribution < -0.4 is 0 Å². The molecule has 0 radical (unpaired) electrons. The van der Waals surface area contributed by atoms with Gasteiger partial charge in [-0.15, -0.1) is 0 Å². The maximum absolute atomic E-state index is 13.3. The Hall–Kier alpha value is -2.47. The van der Waals surface area contributed by atoms with Gasteiger partial charge >= 0.3 is 11.9 Å². The van der Waals surface area contributed by atoms with Crippen LogP contribution in [-0.4, -0.2) is 27.3 Å². The second-order valence-electron chi connectivity index (χ2n) is 4.87. The minimum Gasteiger partial charge on any atom is -0.431 e. The Labute approximate surface area is 135 Å². The third-order valence-corrected chi connectivity index (χ3v) is 4.82. The molecule has 0 saturated heterocycles. The van der Waals surface area contributed by atoms with Gasteiger partial charge in [-0.1, -0.05) is 36.4 Å². The van der Waals surface area contributed by atoms with E-state index >= 15 is 0 Å². The Morgan fingerprint density at radius 1 is 1.08 bits per heavy atom. The predicted octanol–water partition coefficient (Wildman–Crippen LogP) is 4.23. The van der Waals surface area contributed by atoms with Crippen molar-refractivity contribution < 1.29 is 22.5 Å². The number of alkyl halides is 3. The number of para-hydroxylation sites is 1. The van der Waals surface area contributed by atoms with Crippen LogP contribution in [-0.2, 0) is 10.7 Å². The molecule has 0 spiro atoms. The quantitative estimate of drug-likeness (QED) is 0.713. The summed E-state index contributed by atoms with van der Waals surface area (Å²) in [6, 6.07) is 12.6. The van der Waals surface area contributed by atoms with Crippen molar-refractivity contribution >= 4 is 25.2 Å². The van der Waals surface area contributed by atoms with Crippen molar-refractivity contribution in [2.75, 3.05) is 0 Å². The fourth-order valence-corrected chi connectivity index (χ4v) is 3.29. The smallest absolute Gasteiger partial charge is 0.431 e. The molecule has 0 aliphatic carbocycles. The first-order chi connectivity index (χ1) is 11.4. The number of aromatic amines is 1. The van der Waals surface area contributed by atoms with Crippen molar-refractivity contribution in [1.82, 2.24) is 15.4 Å². The van der Waals surface area contributed by atoms with Gasteiger partial charge < -0.3 is 4.52 Å². The van der Waals surface area contributed by atoms with Crippen molar-refractivity contribution in [1.29, 1.82) is 0 Å². The summed E-state index contributed by atoms with van der Waals surface area (Å²) in [6.45, 7) is 0. The number of hydrogen-bond acceptors (Lipinski definition) is 4. The summed E-state index contributed by atoms with van der Waals surface area (Å²) in [5.41, 5.74) is 0.961. The van der Waals surface area contributed by atoms with E-state index in [2.05, 4.69) is 15.4 Å². The fourth-order valence-electron chi connectivity index (χ4n) is 2.10. The number of halogens is 3. The first-order valence-corrected chi connectivity index (χ1v) is 8.30. The molecule has 2 aromatic carbocycles. The van der Waals surface area contributed by atoms with Gasteiger partial charge in [0.25, 0.3) is 0 Å². The van der Waals surface area contributed by atoms with Gasteiger partial charge in [0.1, 0.15) is 11.0 Å². The summed E-state index contributed by atoms with van der Waals surface area (Å²) in [5.74, 6) is -5.67. The van der Waals surface area contributed by atoms with Crippen LogP contribution in [0.4, 0.5) is 13.2 Å². The van der Waals surface area contributed by atoms with Gasteiger partial charge in [-0.05, 0) is 17.7 Å². The largest absolute Gasteiger partial charge is 0.442 e. The van der Waals surface area contributed by atoms with Gasteiger partial charge in [0.2, 0.25) is 8.15 Å². The topological polar surface area (TPSA) is 67.9 Å². The number of carbonyl (C=O) groups excluding carboxylic acids is 1. The Balaban J connectivity index is 1.84. The average molecular weight is 353 g/mol. The number of nitrogens with one attached hydrogen (secondary N) is 1. The van der Waals surface area contributed by atoms with Crippen LogP contribution in [0.1, 0.15) is 15.9 Å². The molecule has 124 valence electrons. The molecular weight excluding hydrogens is 342 g/mol. The number of hydrogen-bond donors (Lipinski definition) is 1. The highest BCUT2D eigenvalue weighted by Gasteiger charge is 2.44. The molecule has 3 rings (SSSR count). The van der Waals surface area contributed by atoms with Gasteiger partial charge in [0, 0.05) is 6.16 Å². The van der Waals surface area contributed by atoms with E-state index in [0.29, 0.717) is 11.1 Å². The molecule has 0 amide bonds. The number of H-pyrrole nitrogens is 1. The number of rotatable bonds is 4. The summed E-state index contributed by atoms with van der Waals surface area (Å²) < 4.78 is 44.6. The molecule has 0 aliphatic rings. The molecule has 1 atom stereocenters. The van der Waals surface area contributed by atoms with Crippen LogP contribution in [0.5, 0.6) is 0 Å². The van der Waals surface area contributed by atoms with Gasteiger partial charge in [-0.25, -0.2) is 4.79 Å². The van der Waals surface area contributed by atoms with Crippen molar-refractivity contribution in [2.45, 2.75) is 12.1 Å². The molecule has 1 unspecified atom stereocenters. The normalized spacial score (nSPS) is 13.0. The molecule has 1 heterocycles. The molecule has 1 aromatic heterocycles. The van der Waals surface area contributed by atoms with Crippen LogP contribution in [0.15, 0.2) is 48.5 Å². The van der Waals surface area contributed by atoms with E-state index in [4.69, 9.17) is 4.52 Å². The Morgan fingerprint density at radius 2 is 1.83 bits per heavy atom. The monoisotopic (exact) mass is 353 g/mol. The van der Waals surface area contributed by atoms with Crippen LogP contribution >= 0.6 is 8.15 Å². The molecule has 0 bridgehead atoms. The SMILES string of the molecule is O=C(OP(Cc1ccccc1)C(F)(F)F)c1cccc2n[nH]nc12. The zero-order valence-electron chi connectivity index (χ0n) is 12.1. The second kappa shape index (κ2) is 6.57. The van der Waals surface area contributed by atoms with E-state index in [1.165, 1.54) is 12.1 Å². The summed E-state index contributed by atoms with van der Waals surface area (Å²) in [4.78, 5) is 12.2. The van der Waals surface area contributed by atoms with Crippen molar-refractivity contribution in [3.63, 3.8) is 0 Å². The lowest BCUT2D eigenvalue weighted by molar-refractivity contribution is -0.0488. The molecule has 0 aliphatic heterocycles. The first-order valence-electron chi connectivity index (χ1n) is 6.85. The molecule has 5 nitrogen and oxygen atoms in total. The highest BCUT2D eigenvalue weighted by molar-refractivity contribution is 7.53. The highest BCUT2D eigenvalue weighted by atomic mass is 31.1. The molecular formula is C15H11F3N3O2P. The minimum atomic E-state index is -4.61. The number of aromatic nitrogens is 3. The van der Waals surface area contributed by atoms with Gasteiger partial charge in [0.15, 0.2) is 0 Å². The zero-order valence-corrected chi connectivity index (χ0v) is 13.0. The van der Waals surface area contributed by atoms with E-state index in [1.807, 2.05) is 0 Å². The lowest BCUT2D eigenvalue weighted by atomic mass is 10.2. The third kappa shape index (κ3) is 3.54. The van der Waals surface area contributed by atoms with Crippen LogP contribution in [0.25, 0.3) is 11.0 Å². The standard InChI is InChI=1S/C15H11F3N3O2P/c16-15(17,18)24(9-10-5-2-1-3-6-10)23-14(22)11-7-4-8-12-13(11)20-21-19-12/h1-8H,9H2,(H,19,20,21). The highest BCUT2D eigenvalue weighted by Crippen LogP contribution is 2.56. The summed E-state index contributed by atoms with van der Waals surface area (Å²) in [5, 5.41) is 9.91. The number of nitrogens with zero attached hydrogens (tertiary/aromatic N) is 2. The Kier molecular flexibility index (Phi) is 4.49. The summed E-state index contributed by atoms with van der Waals surface area (Å²) >= 11 is 0. The molecule has 9 heteroatoms. The van der Waals surface area contributed by atoms with Gasteiger partial charge in [-0.2, -0.15) is 28.6 Å². The molecule has 24 heavy (non-hydrogen) atoms. The molecule has 0 saturated carbocycles. The molecule has 0 fully saturated rings. The van der Waals surface area contributed by atoms with E-state index in [0.717, 1.165) is 0 Å². The van der Waals surface area contributed by atoms with Crippen molar-refractivity contribution in [3.8, 4) is 0 Å². The van der Waals surface area contributed by atoms with E-state index < -0.39 is 20.0 Å². The van der Waals surface area contributed by atoms with Gasteiger partial charge in [0.05, 0.1) is 5.56 Å². The number of benzene rings is 2. The van der Waals surface area contributed by atoms with E-state index in [-0.39, 0.29) is 17.2 Å². The number of fused-ring (bicyclic) bond motifs is 1. The molecule has 1 N–H and O–H groups in total. The van der Waals surface area contributed by atoms with Crippen molar-refractivity contribution in [2.24, 2.45) is 0 Å². The lowest BCUT2D eigenvalue weighted by Crippen LogP contribution is -2.13. The van der Waals surface area contributed by atoms with E-state index in [9.17, 15) is 18.0 Å².